The van der Waals surface area contributed by atoms with Crippen molar-refractivity contribution in [3.63, 3.8) is 0 Å². The Kier molecular flexibility index (Phi) is 12.8. The summed E-state index contributed by atoms with van der Waals surface area (Å²) in [4.78, 5) is 0. The van der Waals surface area contributed by atoms with Crippen LogP contribution in [0.2, 0.25) is 0 Å². The van der Waals surface area contributed by atoms with E-state index in [9.17, 15) is 38.5 Å². The Labute approximate surface area is 302 Å². The number of hydrogen-bond donors (Lipinski definition) is 5. The average molecular weight is 701 g/mol. The second kappa shape index (κ2) is 14.9. The van der Waals surface area contributed by atoms with Crippen molar-refractivity contribution >= 4 is 10.4 Å². The molecule has 1 heterocycles. The van der Waals surface area contributed by atoms with Crippen LogP contribution in [0.4, 0.5) is 0 Å². The van der Waals surface area contributed by atoms with Gasteiger partial charge in [-0.2, -0.15) is 0 Å². The van der Waals surface area contributed by atoms with Crippen LogP contribution >= 0.6 is 0 Å². The van der Waals surface area contributed by atoms with Gasteiger partial charge >= 0.3 is 29.6 Å². The molecule has 14 heteroatoms. The summed E-state index contributed by atoms with van der Waals surface area (Å²) in [5.41, 5.74) is -1.79. The van der Waals surface area contributed by atoms with E-state index in [1.165, 1.54) is 7.11 Å². The summed E-state index contributed by atoms with van der Waals surface area (Å²) in [5.74, 6) is -0.0793. The van der Waals surface area contributed by atoms with Gasteiger partial charge in [-0.15, -0.1) is 0 Å². The third-order valence-electron chi connectivity index (χ3n) is 13.3. The SMILES string of the molecule is COC1C(OS(=O)(=O)[O-])COC(O[C@@H](CC[C@@H](C)[C@H]2C[C@@H](O)C3[C@]4(O)C[C@H](O)C5C[C@@H](O)CC[C@]5(C)C4CC[C@@]32C)C(C)C)C1O.[Na+]. The molecule has 0 aromatic rings. The molecule has 0 radical (unpaired) electrons. The van der Waals surface area contributed by atoms with Crippen molar-refractivity contribution in [2.24, 2.45) is 46.3 Å². The molecule has 16 atom stereocenters. The van der Waals surface area contributed by atoms with Crippen molar-refractivity contribution in [1.29, 1.82) is 0 Å². The predicted molar refractivity (Wildman–Crippen MR) is 165 cm³/mol. The number of fused-ring (bicyclic) bond motifs is 5. The van der Waals surface area contributed by atoms with Crippen LogP contribution < -0.4 is 29.6 Å². The Morgan fingerprint density at radius 1 is 0.979 bits per heavy atom. The van der Waals surface area contributed by atoms with Gasteiger partial charge in [0.2, 0.25) is 10.4 Å². The summed E-state index contributed by atoms with van der Waals surface area (Å²) in [7, 11) is -3.75. The fourth-order valence-corrected chi connectivity index (χ4v) is 11.6. The van der Waals surface area contributed by atoms with Crippen LogP contribution in [0.5, 0.6) is 0 Å². The van der Waals surface area contributed by atoms with E-state index >= 15 is 0 Å². The van der Waals surface area contributed by atoms with Crippen molar-refractivity contribution in [1.82, 2.24) is 0 Å². The van der Waals surface area contributed by atoms with Crippen LogP contribution in [0.1, 0.15) is 92.4 Å². The smallest absolute Gasteiger partial charge is 0.726 e. The number of aliphatic hydroxyl groups is 5. The van der Waals surface area contributed by atoms with Crippen molar-refractivity contribution in [3.8, 4) is 0 Å². The first-order valence-electron chi connectivity index (χ1n) is 17.2. The minimum atomic E-state index is -5.03. The van der Waals surface area contributed by atoms with E-state index in [0.717, 1.165) is 25.7 Å². The number of ether oxygens (including phenoxy) is 3. The molecule has 1 aliphatic heterocycles. The zero-order valence-corrected chi connectivity index (χ0v) is 32.0. The molecule has 5 fully saturated rings. The van der Waals surface area contributed by atoms with Crippen molar-refractivity contribution in [2.45, 2.75) is 147 Å². The third-order valence-corrected chi connectivity index (χ3v) is 13.8. The summed E-state index contributed by atoms with van der Waals surface area (Å²) in [6.07, 6.45) is -1.19. The van der Waals surface area contributed by atoms with Crippen LogP contribution in [0.3, 0.4) is 0 Å². The molecular weight excluding hydrogens is 643 g/mol. The average Bonchev–Trinajstić information content (AvgIpc) is 3.23. The summed E-state index contributed by atoms with van der Waals surface area (Å²) >= 11 is 0. The van der Waals surface area contributed by atoms with Crippen molar-refractivity contribution in [2.75, 3.05) is 13.7 Å². The summed E-state index contributed by atoms with van der Waals surface area (Å²) < 4.78 is 55.0. The summed E-state index contributed by atoms with van der Waals surface area (Å²) in [5, 5.41) is 56.8. The van der Waals surface area contributed by atoms with E-state index in [2.05, 4.69) is 25.0 Å². The van der Waals surface area contributed by atoms with Gasteiger partial charge < -0.3 is 44.3 Å². The number of methoxy groups -OCH3 is 1. The molecule has 0 bridgehead atoms. The van der Waals surface area contributed by atoms with Crippen molar-refractivity contribution < 1.29 is 86.5 Å². The maximum atomic E-state index is 12.5. The Hall–Kier alpha value is 0.550. The largest absolute Gasteiger partial charge is 1.00 e. The fraction of sp³-hybridized carbons (Fsp3) is 1.00. The van der Waals surface area contributed by atoms with Gasteiger partial charge in [0, 0.05) is 19.4 Å². The Balaban J connectivity index is 0.00000500. The zero-order chi connectivity index (χ0) is 34.0. The molecule has 0 amide bonds. The molecule has 47 heavy (non-hydrogen) atoms. The normalized spacial score (nSPS) is 48.1. The Morgan fingerprint density at radius 2 is 1.64 bits per heavy atom. The quantitative estimate of drug-likeness (QED) is 0.107. The van der Waals surface area contributed by atoms with Gasteiger partial charge in [-0.25, -0.2) is 8.42 Å². The second-order valence-corrected chi connectivity index (χ2v) is 17.2. The monoisotopic (exact) mass is 700 g/mol. The molecular formula is C33H57NaO12S. The van der Waals surface area contributed by atoms with Crippen molar-refractivity contribution in [3.05, 3.63) is 0 Å². The van der Waals surface area contributed by atoms with E-state index in [1.807, 2.05) is 13.8 Å². The molecule has 5 rings (SSSR count). The van der Waals surface area contributed by atoms with Gasteiger partial charge in [0.1, 0.15) is 18.3 Å². The van der Waals surface area contributed by atoms with Crippen LogP contribution in [0.25, 0.3) is 0 Å². The van der Waals surface area contributed by atoms with Gasteiger partial charge in [-0.3, -0.25) is 4.18 Å². The van der Waals surface area contributed by atoms with Crippen LogP contribution in [-0.4, -0.2) is 107 Å². The molecule has 5 aliphatic rings. The molecule has 0 aromatic heterocycles. The Morgan fingerprint density at radius 3 is 2.26 bits per heavy atom. The minimum absolute atomic E-state index is 0. The third kappa shape index (κ3) is 7.56. The first-order chi connectivity index (χ1) is 21.4. The van der Waals surface area contributed by atoms with Gasteiger partial charge in [0.25, 0.3) is 0 Å². The first-order valence-corrected chi connectivity index (χ1v) is 18.6. The molecule has 5 N–H and O–H groups in total. The molecule has 1 saturated heterocycles. The second-order valence-electron chi connectivity index (χ2n) is 16.2. The van der Waals surface area contributed by atoms with Crippen LogP contribution in [0.15, 0.2) is 0 Å². The topological polar surface area (TPSA) is 195 Å². The maximum Gasteiger partial charge on any atom is 1.00 e. The Bertz CT molecular complexity index is 1180. The summed E-state index contributed by atoms with van der Waals surface area (Å²) in [6.45, 7) is 10.3. The number of hydrogen-bond acceptors (Lipinski definition) is 12. The molecule has 7 unspecified atom stereocenters. The standard InChI is InChI=1S/C33H58O12S.Na/c1-17(2)24(44-30-27(37)28(42-6)25(16-43-30)45-46(39,40)41)8-7-18(3)20-14-22(35)29-32(20,5)12-10-26-31(4)11-9-19(34)13-21(31)23(36)15-33(26,29)38;/h17-30,34-38H,7-16H2,1-6H3,(H,39,40,41);/q;+1/p-1/t18-,19+,20-,21?,22-,23+,24+,25?,26?,27?,28?,29?,30?,31+,32-,33+;/m1./s1. The molecule has 0 aromatic carbocycles. The summed E-state index contributed by atoms with van der Waals surface area (Å²) in [6, 6.07) is 0. The van der Waals surface area contributed by atoms with E-state index < -0.39 is 58.9 Å². The van der Waals surface area contributed by atoms with Gasteiger partial charge in [0.05, 0.1) is 36.6 Å². The first kappa shape index (κ1) is 40.3. The van der Waals surface area contributed by atoms with E-state index in [1.54, 1.807) is 0 Å². The predicted octanol–water partition coefficient (Wildman–Crippen LogP) is -0.898. The number of rotatable bonds is 10. The van der Waals surface area contributed by atoms with Gasteiger partial charge in [-0.1, -0.05) is 34.6 Å². The van der Waals surface area contributed by atoms with Gasteiger partial charge in [-0.05, 0) is 91.8 Å². The molecule has 0 spiro atoms. The van der Waals surface area contributed by atoms with Crippen LogP contribution in [-0.2, 0) is 28.8 Å². The minimum Gasteiger partial charge on any atom is -0.726 e. The van der Waals surface area contributed by atoms with E-state index in [-0.39, 0.29) is 95.0 Å². The molecule has 268 valence electrons. The molecule has 4 aliphatic carbocycles. The number of aliphatic hydroxyl groups excluding tert-OH is 4. The molecule has 4 saturated carbocycles. The van der Waals surface area contributed by atoms with Gasteiger partial charge in [0.15, 0.2) is 6.29 Å². The zero-order valence-electron chi connectivity index (χ0n) is 29.2. The van der Waals surface area contributed by atoms with Crippen LogP contribution in [0, 0.1) is 46.3 Å². The maximum absolute atomic E-state index is 12.5. The molecule has 12 nitrogen and oxygen atoms in total. The van der Waals surface area contributed by atoms with E-state index in [0.29, 0.717) is 25.7 Å². The van der Waals surface area contributed by atoms with E-state index in [4.69, 9.17) is 14.2 Å². The fourth-order valence-electron chi connectivity index (χ4n) is 11.2.